The summed E-state index contributed by atoms with van der Waals surface area (Å²) in [5.41, 5.74) is 0.487. The molecule has 0 aromatic heterocycles. The fraction of sp³-hybridized carbons (Fsp3) is 0.467. The molecule has 2 amide bonds. The van der Waals surface area contributed by atoms with Gasteiger partial charge in [0.05, 0.1) is 19.3 Å². The molecule has 114 valence electrons. The largest absolute Gasteiger partial charge is 0.490 e. The Bertz CT molecular complexity index is 530. The first-order chi connectivity index (χ1) is 10.1. The molecule has 1 aliphatic rings. The monoisotopic (exact) mass is 292 g/mol. The first kappa shape index (κ1) is 15.2. The van der Waals surface area contributed by atoms with E-state index in [4.69, 9.17) is 9.47 Å². The molecular formula is C15H20N2O4. The van der Waals surface area contributed by atoms with Crippen molar-refractivity contribution in [1.29, 1.82) is 0 Å². The summed E-state index contributed by atoms with van der Waals surface area (Å²) in [5, 5.41) is 5.51. The van der Waals surface area contributed by atoms with Crippen LogP contribution in [0, 0.1) is 0 Å². The molecule has 1 aliphatic heterocycles. The van der Waals surface area contributed by atoms with Gasteiger partial charge in [-0.2, -0.15) is 0 Å². The number of hydrogen-bond acceptors (Lipinski definition) is 4. The highest BCUT2D eigenvalue weighted by atomic mass is 16.5. The van der Waals surface area contributed by atoms with Gasteiger partial charge in [-0.25, -0.2) is 0 Å². The summed E-state index contributed by atoms with van der Waals surface area (Å²) in [6.45, 7) is 5.26. The second-order valence-electron chi connectivity index (χ2n) is 4.71. The quantitative estimate of drug-likeness (QED) is 0.823. The zero-order valence-corrected chi connectivity index (χ0v) is 12.3. The third kappa shape index (κ3) is 3.87. The first-order valence-corrected chi connectivity index (χ1v) is 7.11. The molecule has 1 unspecified atom stereocenters. The van der Waals surface area contributed by atoms with E-state index < -0.39 is 0 Å². The lowest BCUT2D eigenvalue weighted by Crippen LogP contribution is -2.36. The van der Waals surface area contributed by atoms with E-state index in [1.165, 1.54) is 0 Å². The highest BCUT2D eigenvalue weighted by Gasteiger charge is 2.23. The van der Waals surface area contributed by atoms with Gasteiger partial charge in [-0.05, 0) is 32.0 Å². The SMILES string of the molecule is CCOc1ccc(C(=O)NC2CNC(=O)C2)cc1OCC. The fourth-order valence-corrected chi connectivity index (χ4v) is 2.17. The van der Waals surface area contributed by atoms with Crippen LogP contribution >= 0.6 is 0 Å². The van der Waals surface area contributed by atoms with Gasteiger partial charge in [0.25, 0.3) is 5.91 Å². The van der Waals surface area contributed by atoms with Gasteiger partial charge in [-0.3, -0.25) is 9.59 Å². The summed E-state index contributed by atoms with van der Waals surface area (Å²) in [6, 6.07) is 4.91. The Labute approximate surface area is 123 Å². The van der Waals surface area contributed by atoms with Crippen LogP contribution in [0.15, 0.2) is 18.2 Å². The van der Waals surface area contributed by atoms with Crippen LogP contribution in [0.5, 0.6) is 11.5 Å². The standard InChI is InChI=1S/C15H20N2O4/c1-3-20-12-6-5-10(7-13(12)21-4-2)15(19)17-11-8-14(18)16-9-11/h5-7,11H,3-4,8-9H2,1-2H3,(H,16,18)(H,17,19). The van der Waals surface area contributed by atoms with Crippen molar-refractivity contribution in [1.82, 2.24) is 10.6 Å². The van der Waals surface area contributed by atoms with Crippen LogP contribution in [-0.2, 0) is 4.79 Å². The van der Waals surface area contributed by atoms with Gasteiger partial charge >= 0.3 is 0 Å². The van der Waals surface area contributed by atoms with Gasteiger partial charge in [-0.1, -0.05) is 0 Å². The number of nitrogens with one attached hydrogen (secondary N) is 2. The fourth-order valence-electron chi connectivity index (χ4n) is 2.17. The summed E-state index contributed by atoms with van der Waals surface area (Å²) >= 11 is 0. The molecule has 2 rings (SSSR count). The van der Waals surface area contributed by atoms with Crippen molar-refractivity contribution >= 4 is 11.8 Å². The molecular weight excluding hydrogens is 272 g/mol. The van der Waals surface area contributed by atoms with Crippen molar-refractivity contribution in [3.63, 3.8) is 0 Å². The normalized spacial score (nSPS) is 17.2. The minimum atomic E-state index is -0.222. The molecule has 1 heterocycles. The lowest BCUT2D eigenvalue weighted by atomic mass is 10.1. The lowest BCUT2D eigenvalue weighted by molar-refractivity contribution is -0.119. The minimum absolute atomic E-state index is 0.0398. The molecule has 1 atom stereocenters. The van der Waals surface area contributed by atoms with Crippen LogP contribution < -0.4 is 20.1 Å². The molecule has 1 fully saturated rings. The number of ether oxygens (including phenoxy) is 2. The van der Waals surface area contributed by atoms with Crippen molar-refractivity contribution in [3.8, 4) is 11.5 Å². The predicted molar refractivity (Wildman–Crippen MR) is 77.7 cm³/mol. The van der Waals surface area contributed by atoms with E-state index in [-0.39, 0.29) is 17.9 Å². The topological polar surface area (TPSA) is 76.7 Å². The van der Waals surface area contributed by atoms with E-state index in [0.29, 0.717) is 43.2 Å². The molecule has 6 heteroatoms. The lowest BCUT2D eigenvalue weighted by Gasteiger charge is -2.14. The Morgan fingerprint density at radius 3 is 2.62 bits per heavy atom. The van der Waals surface area contributed by atoms with E-state index in [1.54, 1.807) is 18.2 Å². The van der Waals surface area contributed by atoms with Crippen molar-refractivity contribution in [2.45, 2.75) is 26.3 Å². The number of carbonyl (C=O) groups excluding carboxylic acids is 2. The van der Waals surface area contributed by atoms with Crippen molar-refractivity contribution < 1.29 is 19.1 Å². The van der Waals surface area contributed by atoms with E-state index >= 15 is 0 Å². The van der Waals surface area contributed by atoms with Crippen molar-refractivity contribution in [2.24, 2.45) is 0 Å². The molecule has 6 nitrogen and oxygen atoms in total. The van der Waals surface area contributed by atoms with Gasteiger partial charge in [-0.15, -0.1) is 0 Å². The Kier molecular flexibility index (Phi) is 5.03. The smallest absolute Gasteiger partial charge is 0.251 e. The molecule has 2 N–H and O–H groups in total. The Balaban J connectivity index is 2.09. The molecule has 0 saturated carbocycles. The Morgan fingerprint density at radius 2 is 2.00 bits per heavy atom. The molecule has 1 saturated heterocycles. The maximum Gasteiger partial charge on any atom is 0.251 e. The summed E-state index contributed by atoms with van der Waals surface area (Å²) in [7, 11) is 0. The van der Waals surface area contributed by atoms with Gasteiger partial charge < -0.3 is 20.1 Å². The van der Waals surface area contributed by atoms with E-state index in [9.17, 15) is 9.59 Å². The molecule has 0 spiro atoms. The zero-order valence-electron chi connectivity index (χ0n) is 12.3. The Morgan fingerprint density at radius 1 is 1.29 bits per heavy atom. The van der Waals surface area contributed by atoms with Crippen LogP contribution in [-0.4, -0.2) is 37.6 Å². The molecule has 0 bridgehead atoms. The summed E-state index contributed by atoms with van der Waals surface area (Å²) in [6.07, 6.45) is 0.321. The maximum atomic E-state index is 12.2. The average molecular weight is 292 g/mol. The van der Waals surface area contributed by atoms with Crippen LogP contribution in [0.4, 0.5) is 0 Å². The predicted octanol–water partition coefficient (Wildman–Crippen LogP) is 1.10. The summed E-state index contributed by atoms with van der Waals surface area (Å²) in [5.74, 6) is 0.906. The zero-order chi connectivity index (χ0) is 15.2. The third-order valence-electron chi connectivity index (χ3n) is 3.12. The first-order valence-electron chi connectivity index (χ1n) is 7.11. The van der Waals surface area contributed by atoms with Gasteiger partial charge in [0.2, 0.25) is 5.91 Å². The van der Waals surface area contributed by atoms with Gasteiger partial charge in [0.15, 0.2) is 11.5 Å². The average Bonchev–Trinajstić information content (AvgIpc) is 2.86. The van der Waals surface area contributed by atoms with Crippen LogP contribution in [0.2, 0.25) is 0 Å². The van der Waals surface area contributed by atoms with Crippen molar-refractivity contribution in [3.05, 3.63) is 23.8 Å². The molecule has 1 aromatic carbocycles. The molecule has 1 aromatic rings. The number of benzene rings is 1. The van der Waals surface area contributed by atoms with E-state index in [1.807, 2.05) is 13.8 Å². The van der Waals surface area contributed by atoms with Gasteiger partial charge in [0, 0.05) is 18.5 Å². The van der Waals surface area contributed by atoms with Crippen LogP contribution in [0.1, 0.15) is 30.6 Å². The summed E-state index contributed by atoms with van der Waals surface area (Å²) in [4.78, 5) is 23.3. The van der Waals surface area contributed by atoms with Crippen LogP contribution in [0.3, 0.4) is 0 Å². The Hall–Kier alpha value is -2.24. The van der Waals surface area contributed by atoms with Gasteiger partial charge in [0.1, 0.15) is 0 Å². The highest BCUT2D eigenvalue weighted by molar-refractivity contribution is 5.95. The maximum absolute atomic E-state index is 12.2. The third-order valence-corrected chi connectivity index (χ3v) is 3.12. The second-order valence-corrected chi connectivity index (χ2v) is 4.71. The number of carbonyl (C=O) groups is 2. The van der Waals surface area contributed by atoms with Crippen LogP contribution in [0.25, 0.3) is 0 Å². The number of amides is 2. The highest BCUT2D eigenvalue weighted by Crippen LogP contribution is 2.28. The molecule has 0 aliphatic carbocycles. The molecule has 21 heavy (non-hydrogen) atoms. The minimum Gasteiger partial charge on any atom is -0.490 e. The number of hydrogen-bond donors (Lipinski definition) is 2. The number of rotatable bonds is 6. The molecule has 0 radical (unpaired) electrons. The second kappa shape index (κ2) is 6.97. The van der Waals surface area contributed by atoms with E-state index in [0.717, 1.165) is 0 Å². The van der Waals surface area contributed by atoms with Crippen molar-refractivity contribution in [2.75, 3.05) is 19.8 Å². The summed E-state index contributed by atoms with van der Waals surface area (Å²) < 4.78 is 11.0. The van der Waals surface area contributed by atoms with E-state index in [2.05, 4.69) is 10.6 Å².